The van der Waals surface area contributed by atoms with Gasteiger partial charge in [0.25, 0.3) is 5.91 Å². The number of hydrogen-bond acceptors (Lipinski definition) is 6. The van der Waals surface area contributed by atoms with Gasteiger partial charge in [-0.1, -0.05) is 26.0 Å². The number of phenols is 1. The zero-order chi connectivity index (χ0) is 23.8. The lowest BCUT2D eigenvalue weighted by molar-refractivity contribution is -0.127. The maximum Gasteiger partial charge on any atom is 0.251 e. The molecule has 1 amide bonds. The van der Waals surface area contributed by atoms with E-state index in [9.17, 15) is 15.0 Å². The number of amides is 1. The van der Waals surface area contributed by atoms with E-state index in [1.54, 1.807) is 23.1 Å². The first-order chi connectivity index (χ1) is 14.4. The molecule has 2 rings (SSSR count). The highest BCUT2D eigenvalue weighted by Gasteiger charge is 2.34. The Bertz CT molecular complexity index is 762. The van der Waals surface area contributed by atoms with Crippen LogP contribution in [-0.4, -0.2) is 55.9 Å². The number of benzene rings is 1. The molecule has 0 spiro atoms. The van der Waals surface area contributed by atoms with Crippen LogP contribution in [-0.2, 0) is 11.4 Å². The number of carbonyl (C=O) groups excluding carboxylic acids is 1. The molecule has 2 unspecified atom stereocenters. The Labute approximate surface area is 191 Å². The fraction of sp³-hybridized carbons (Fsp3) is 0.565. The molecule has 1 saturated heterocycles. The average molecular weight is 452 g/mol. The lowest BCUT2D eigenvalue weighted by Gasteiger charge is -2.23. The summed E-state index contributed by atoms with van der Waals surface area (Å²) in [6, 6.07) is 4.62. The van der Waals surface area contributed by atoms with E-state index < -0.39 is 6.10 Å². The number of carbonyl (C=O) groups is 1. The summed E-state index contributed by atoms with van der Waals surface area (Å²) in [6.45, 7) is 14.5. The van der Waals surface area contributed by atoms with E-state index in [0.717, 1.165) is 6.42 Å². The van der Waals surface area contributed by atoms with Crippen LogP contribution in [0.25, 0.3) is 0 Å². The quantitative estimate of drug-likeness (QED) is 0.306. The molecule has 0 aliphatic carbocycles. The van der Waals surface area contributed by atoms with Crippen LogP contribution < -0.4 is 10.6 Å². The minimum absolute atomic E-state index is 0.0484. The first-order valence-corrected chi connectivity index (χ1v) is 10.9. The molecule has 1 heterocycles. The Balaban J connectivity index is 0.000000316. The van der Waals surface area contributed by atoms with Crippen molar-refractivity contribution >= 4 is 23.2 Å². The monoisotopic (exact) mass is 451 g/mol. The summed E-state index contributed by atoms with van der Waals surface area (Å²) >= 11 is 5.06. The maximum atomic E-state index is 11.8. The Kier molecular flexibility index (Phi) is 10.6. The molecule has 31 heavy (non-hydrogen) atoms. The fourth-order valence-electron chi connectivity index (χ4n) is 2.97. The summed E-state index contributed by atoms with van der Waals surface area (Å²) in [7, 11) is 0. The second-order valence-electron chi connectivity index (χ2n) is 9.06. The van der Waals surface area contributed by atoms with Crippen LogP contribution in [0, 0.1) is 5.92 Å². The summed E-state index contributed by atoms with van der Waals surface area (Å²) in [4.78, 5) is 13.3. The Morgan fingerprint density at radius 1 is 1.35 bits per heavy atom. The van der Waals surface area contributed by atoms with E-state index >= 15 is 0 Å². The molecular weight excluding hydrogens is 414 g/mol. The zero-order valence-electron chi connectivity index (χ0n) is 19.2. The molecule has 0 saturated carbocycles. The van der Waals surface area contributed by atoms with Gasteiger partial charge >= 0.3 is 0 Å². The van der Waals surface area contributed by atoms with E-state index in [4.69, 9.17) is 17.3 Å². The molecule has 2 atom stereocenters. The number of aliphatic hydroxyl groups excluding tert-OH is 2. The first kappa shape index (κ1) is 27.0. The number of β-amino-alcohol motifs (C(OH)–C–C–N with tert-alkyl or cyclic N) is 1. The van der Waals surface area contributed by atoms with Gasteiger partial charge in [0.1, 0.15) is 11.8 Å². The summed E-state index contributed by atoms with van der Waals surface area (Å²) in [6.07, 6.45) is 1.86. The van der Waals surface area contributed by atoms with Crippen LogP contribution in [0.15, 0.2) is 30.9 Å². The van der Waals surface area contributed by atoms with E-state index in [-0.39, 0.29) is 29.8 Å². The Hall–Kier alpha value is -2.00. The third-order valence-corrected chi connectivity index (χ3v) is 4.95. The molecule has 1 aliphatic rings. The maximum absolute atomic E-state index is 11.8. The third-order valence-electron chi connectivity index (χ3n) is 4.61. The molecule has 7 nitrogen and oxygen atoms in total. The number of nitrogens with zero attached hydrogens (tertiary/aromatic N) is 1. The lowest BCUT2D eigenvalue weighted by atomic mass is 10.0. The van der Waals surface area contributed by atoms with Crippen LogP contribution in [0.1, 0.15) is 58.3 Å². The molecule has 174 valence electrons. The smallest absolute Gasteiger partial charge is 0.251 e. The molecule has 1 aliphatic heterocycles. The van der Waals surface area contributed by atoms with Gasteiger partial charge in [0.2, 0.25) is 0 Å². The SMILES string of the molecule is C=CCN1C(=O)C(CC(C)C)NC1=S.CC(C)(C)NCC(O)c1ccc(O)c(CO)c1. The summed E-state index contributed by atoms with van der Waals surface area (Å²) in [5.41, 5.74) is 1.05. The minimum Gasteiger partial charge on any atom is -0.508 e. The third kappa shape index (κ3) is 8.95. The van der Waals surface area contributed by atoms with Crippen molar-refractivity contribution in [1.29, 1.82) is 0 Å². The van der Waals surface area contributed by atoms with Gasteiger partial charge in [0, 0.05) is 24.2 Å². The predicted octanol–water partition coefficient (Wildman–Crippen LogP) is 2.61. The average Bonchev–Trinajstić information content (AvgIpc) is 2.93. The normalized spacial score (nSPS) is 17.3. The summed E-state index contributed by atoms with van der Waals surface area (Å²) < 4.78 is 0. The fourth-order valence-corrected chi connectivity index (χ4v) is 3.28. The van der Waals surface area contributed by atoms with Crippen LogP contribution >= 0.6 is 12.2 Å². The molecule has 1 fully saturated rings. The van der Waals surface area contributed by atoms with Gasteiger partial charge in [-0.05, 0) is 63.0 Å². The summed E-state index contributed by atoms with van der Waals surface area (Å²) in [5, 5.41) is 35.2. The molecule has 0 bridgehead atoms. The van der Waals surface area contributed by atoms with Crippen molar-refractivity contribution in [2.45, 2.75) is 65.3 Å². The van der Waals surface area contributed by atoms with E-state index in [1.165, 1.54) is 6.07 Å². The number of thiocarbonyl (C=S) groups is 1. The lowest BCUT2D eigenvalue weighted by Crippen LogP contribution is -2.38. The van der Waals surface area contributed by atoms with Gasteiger partial charge in [-0.2, -0.15) is 0 Å². The van der Waals surface area contributed by atoms with Crippen molar-refractivity contribution < 1.29 is 20.1 Å². The Morgan fingerprint density at radius 3 is 2.52 bits per heavy atom. The van der Waals surface area contributed by atoms with E-state index in [1.807, 2.05) is 20.8 Å². The highest BCUT2D eigenvalue weighted by Crippen LogP contribution is 2.22. The number of aromatic hydroxyl groups is 1. The molecular formula is C23H37N3O4S. The second kappa shape index (κ2) is 12.1. The standard InChI is InChI=1S/C13H21NO3.C10H16N2OS/c1-13(2,3)14-7-12(17)9-4-5-11(16)10(6-9)8-15;1-4-5-12-9(13)8(6-7(2)3)11-10(12)14/h4-6,12,14-17H,7-8H2,1-3H3;4,7-8H,1,5-6H2,2-3H3,(H,11,14). The number of aliphatic hydroxyl groups is 2. The molecule has 0 aromatic heterocycles. The minimum atomic E-state index is -0.653. The molecule has 8 heteroatoms. The molecule has 1 aromatic carbocycles. The number of nitrogens with one attached hydrogen (secondary N) is 2. The highest BCUT2D eigenvalue weighted by atomic mass is 32.1. The van der Waals surface area contributed by atoms with E-state index in [0.29, 0.717) is 35.2 Å². The van der Waals surface area contributed by atoms with Crippen molar-refractivity contribution in [3.8, 4) is 5.75 Å². The molecule has 5 N–H and O–H groups in total. The van der Waals surface area contributed by atoms with E-state index in [2.05, 4.69) is 31.1 Å². The zero-order valence-corrected chi connectivity index (χ0v) is 20.0. The largest absolute Gasteiger partial charge is 0.508 e. The van der Waals surface area contributed by atoms with Gasteiger partial charge < -0.3 is 26.0 Å². The van der Waals surface area contributed by atoms with Gasteiger partial charge in [-0.3, -0.25) is 9.69 Å². The van der Waals surface area contributed by atoms with Crippen molar-refractivity contribution in [2.24, 2.45) is 5.92 Å². The first-order valence-electron chi connectivity index (χ1n) is 10.5. The summed E-state index contributed by atoms with van der Waals surface area (Å²) in [5.74, 6) is 0.610. The van der Waals surface area contributed by atoms with Crippen molar-refractivity contribution in [3.63, 3.8) is 0 Å². The topological polar surface area (TPSA) is 105 Å². The van der Waals surface area contributed by atoms with Gasteiger partial charge in [0.05, 0.1) is 12.7 Å². The number of hydrogen-bond donors (Lipinski definition) is 5. The molecule has 1 aromatic rings. The van der Waals surface area contributed by atoms with Gasteiger partial charge in [-0.25, -0.2) is 0 Å². The Morgan fingerprint density at radius 2 is 2.00 bits per heavy atom. The van der Waals surface area contributed by atoms with Crippen LogP contribution in [0.4, 0.5) is 0 Å². The predicted molar refractivity (Wildman–Crippen MR) is 128 cm³/mol. The van der Waals surface area contributed by atoms with Crippen molar-refractivity contribution in [1.82, 2.24) is 15.5 Å². The van der Waals surface area contributed by atoms with Crippen LogP contribution in [0.5, 0.6) is 5.75 Å². The van der Waals surface area contributed by atoms with Crippen molar-refractivity contribution in [2.75, 3.05) is 13.1 Å². The van der Waals surface area contributed by atoms with Crippen LogP contribution in [0.2, 0.25) is 0 Å². The van der Waals surface area contributed by atoms with Gasteiger partial charge in [-0.15, -0.1) is 6.58 Å². The van der Waals surface area contributed by atoms with Gasteiger partial charge in [0.15, 0.2) is 5.11 Å². The number of rotatable bonds is 8. The molecule has 0 radical (unpaired) electrons. The second-order valence-corrected chi connectivity index (χ2v) is 9.45. The van der Waals surface area contributed by atoms with Crippen LogP contribution in [0.3, 0.4) is 0 Å². The van der Waals surface area contributed by atoms with Crippen molar-refractivity contribution in [3.05, 3.63) is 42.0 Å². The highest BCUT2D eigenvalue weighted by molar-refractivity contribution is 7.80.